The Labute approximate surface area is 325 Å². The van der Waals surface area contributed by atoms with Crippen LogP contribution in [0.3, 0.4) is 0 Å². The summed E-state index contributed by atoms with van der Waals surface area (Å²) in [5.41, 5.74) is 11.6. The van der Waals surface area contributed by atoms with Crippen LogP contribution in [0.5, 0.6) is 0 Å². The maximum absolute atomic E-state index is 6.52. The second kappa shape index (κ2) is 12.3. The fourth-order valence-electron chi connectivity index (χ4n) is 8.41. The van der Waals surface area contributed by atoms with E-state index in [-0.39, 0.29) is 0 Å². The Morgan fingerprint density at radius 3 is 1.77 bits per heavy atom. The minimum atomic E-state index is 0.573. The second-order valence-electron chi connectivity index (χ2n) is 14.4. The summed E-state index contributed by atoms with van der Waals surface area (Å²) in [5.74, 6) is 1.75. The zero-order valence-electron chi connectivity index (χ0n) is 30.4. The molecule has 12 rings (SSSR count). The highest BCUT2D eigenvalue weighted by Crippen LogP contribution is 2.40. The van der Waals surface area contributed by atoms with Crippen LogP contribution in [0.25, 0.3) is 117 Å². The minimum Gasteiger partial charge on any atom is -0.456 e. The number of nitrogens with zero attached hydrogens (tertiary/aromatic N) is 4. The molecular weight excluding hydrogens is 701 g/mol. The third kappa shape index (κ3) is 5.01. The molecule has 0 aliphatic carbocycles. The van der Waals surface area contributed by atoms with Crippen molar-refractivity contribution in [3.63, 3.8) is 0 Å². The normalized spacial score (nSPS) is 11.9. The van der Waals surface area contributed by atoms with Gasteiger partial charge >= 0.3 is 0 Å². The van der Waals surface area contributed by atoms with Gasteiger partial charge in [-0.15, -0.1) is 0 Å². The van der Waals surface area contributed by atoms with E-state index < -0.39 is 0 Å². The van der Waals surface area contributed by atoms with Gasteiger partial charge < -0.3 is 13.4 Å². The van der Waals surface area contributed by atoms with Gasteiger partial charge in [-0.25, -0.2) is 15.0 Å². The van der Waals surface area contributed by atoms with Crippen molar-refractivity contribution >= 4 is 65.7 Å². The van der Waals surface area contributed by atoms with Crippen LogP contribution in [-0.2, 0) is 0 Å². The fourth-order valence-corrected chi connectivity index (χ4v) is 8.41. The summed E-state index contributed by atoms with van der Waals surface area (Å²) in [4.78, 5) is 15.4. The molecule has 0 radical (unpaired) electrons. The molecule has 0 fully saturated rings. The number of rotatable bonds is 5. The summed E-state index contributed by atoms with van der Waals surface area (Å²) in [6, 6.07) is 62.8. The van der Waals surface area contributed by atoms with E-state index in [4.69, 9.17) is 23.8 Å². The molecule has 8 aromatic carbocycles. The topological polar surface area (TPSA) is 69.9 Å². The Balaban J connectivity index is 1.05. The van der Waals surface area contributed by atoms with E-state index in [9.17, 15) is 0 Å². The second-order valence-corrected chi connectivity index (χ2v) is 14.4. The Morgan fingerprint density at radius 1 is 0.333 bits per heavy atom. The monoisotopic (exact) mass is 730 g/mol. The average molecular weight is 731 g/mol. The van der Waals surface area contributed by atoms with Gasteiger partial charge in [0.15, 0.2) is 17.5 Å². The van der Waals surface area contributed by atoms with Crippen molar-refractivity contribution in [2.45, 2.75) is 0 Å². The highest BCUT2D eigenvalue weighted by atomic mass is 16.3. The minimum absolute atomic E-state index is 0.573. The van der Waals surface area contributed by atoms with Gasteiger partial charge in [-0.05, 0) is 77.9 Å². The van der Waals surface area contributed by atoms with Gasteiger partial charge in [0.1, 0.15) is 22.3 Å². The number of furan rings is 2. The number of para-hydroxylation sites is 3. The van der Waals surface area contributed by atoms with Crippen LogP contribution < -0.4 is 0 Å². The van der Waals surface area contributed by atoms with E-state index in [1.165, 1.54) is 16.3 Å². The fraction of sp³-hybridized carbons (Fsp3) is 0. The maximum Gasteiger partial charge on any atom is 0.164 e. The lowest BCUT2D eigenvalue weighted by Gasteiger charge is -2.10. The van der Waals surface area contributed by atoms with Gasteiger partial charge in [-0.2, -0.15) is 0 Å². The molecule has 0 aliphatic heterocycles. The first kappa shape index (κ1) is 31.5. The van der Waals surface area contributed by atoms with Gasteiger partial charge in [0.05, 0.1) is 11.0 Å². The van der Waals surface area contributed by atoms with Gasteiger partial charge in [0, 0.05) is 54.7 Å². The van der Waals surface area contributed by atoms with Gasteiger partial charge in [-0.1, -0.05) is 115 Å². The molecule has 0 saturated carbocycles. The highest BCUT2D eigenvalue weighted by molar-refractivity contribution is 6.14. The Bertz CT molecular complexity index is 3530. The molecule has 12 aromatic rings. The average Bonchev–Trinajstić information content (AvgIpc) is 3.95. The molecule has 0 atom stereocenters. The van der Waals surface area contributed by atoms with E-state index in [2.05, 4.69) is 114 Å². The molecule has 266 valence electrons. The van der Waals surface area contributed by atoms with Crippen molar-refractivity contribution in [1.29, 1.82) is 0 Å². The molecule has 0 bridgehead atoms. The van der Waals surface area contributed by atoms with Crippen LogP contribution in [0.15, 0.2) is 191 Å². The van der Waals surface area contributed by atoms with Crippen molar-refractivity contribution < 1.29 is 8.83 Å². The van der Waals surface area contributed by atoms with Crippen molar-refractivity contribution in [1.82, 2.24) is 19.5 Å². The molecule has 0 saturated heterocycles. The van der Waals surface area contributed by atoms with Crippen molar-refractivity contribution in [3.8, 4) is 51.0 Å². The van der Waals surface area contributed by atoms with Crippen molar-refractivity contribution in [2.75, 3.05) is 0 Å². The Hall–Kier alpha value is -7.83. The van der Waals surface area contributed by atoms with Crippen molar-refractivity contribution in [2.24, 2.45) is 0 Å². The molecular formula is C51H30N4O2. The lowest BCUT2D eigenvalue weighted by molar-refractivity contribution is 0.668. The summed E-state index contributed by atoms with van der Waals surface area (Å²) in [7, 11) is 0. The van der Waals surface area contributed by atoms with Crippen LogP contribution in [0, 0.1) is 0 Å². The first-order valence-corrected chi connectivity index (χ1v) is 19.0. The summed E-state index contributed by atoms with van der Waals surface area (Å²) in [5, 5.41) is 6.48. The van der Waals surface area contributed by atoms with Crippen LogP contribution in [0.4, 0.5) is 0 Å². The molecule has 4 heterocycles. The SMILES string of the molecule is c1ccc(-c2nc(-c3ccc4oc5ccccc5c4c3)nc(-c3cccc4oc5ccc(-c6ccc7c8ccccc8n(-c8ccccc8)c7c6)cc5c34)n2)cc1. The zero-order chi connectivity index (χ0) is 37.5. The Kier molecular flexibility index (Phi) is 6.83. The van der Waals surface area contributed by atoms with Crippen LogP contribution in [0.1, 0.15) is 0 Å². The molecule has 0 spiro atoms. The number of fused-ring (bicyclic) bond motifs is 9. The number of hydrogen-bond donors (Lipinski definition) is 0. The molecule has 0 unspecified atom stereocenters. The molecule has 6 heteroatoms. The molecule has 0 N–H and O–H groups in total. The van der Waals surface area contributed by atoms with E-state index in [0.29, 0.717) is 17.5 Å². The molecule has 6 nitrogen and oxygen atoms in total. The van der Waals surface area contributed by atoms with Gasteiger partial charge in [-0.3, -0.25) is 0 Å². The highest BCUT2D eigenvalue weighted by Gasteiger charge is 2.20. The molecule has 0 amide bonds. The largest absolute Gasteiger partial charge is 0.456 e. The van der Waals surface area contributed by atoms with E-state index in [0.717, 1.165) is 82.9 Å². The maximum atomic E-state index is 6.52. The van der Waals surface area contributed by atoms with Gasteiger partial charge in [0.2, 0.25) is 0 Å². The van der Waals surface area contributed by atoms with E-state index in [1.54, 1.807) is 0 Å². The predicted octanol–water partition coefficient (Wildman–Crippen LogP) is 13.4. The molecule has 57 heavy (non-hydrogen) atoms. The van der Waals surface area contributed by atoms with E-state index >= 15 is 0 Å². The number of benzene rings is 8. The number of hydrogen-bond acceptors (Lipinski definition) is 5. The summed E-state index contributed by atoms with van der Waals surface area (Å²) in [6.07, 6.45) is 0. The number of aromatic nitrogens is 4. The first-order valence-electron chi connectivity index (χ1n) is 19.0. The summed E-state index contributed by atoms with van der Waals surface area (Å²) >= 11 is 0. The van der Waals surface area contributed by atoms with Crippen LogP contribution >= 0.6 is 0 Å². The standard InChI is InChI=1S/C51H30N4O2/c1-3-12-31(13-4-1)49-52-50(34-24-27-45-40(29-34)38-17-8-10-20-44(38)56-45)54-51(53-49)39-18-11-21-47-48(39)41-28-32(23-26-46(41)57-47)33-22-25-37-36-16-7-9-19-42(36)55(43(37)30-33)35-14-5-2-6-15-35/h1-30H. The molecule has 0 aliphatic rings. The summed E-state index contributed by atoms with van der Waals surface area (Å²) < 4.78 is 15.0. The van der Waals surface area contributed by atoms with E-state index in [1.807, 2.05) is 72.8 Å². The molecule has 4 aromatic heterocycles. The smallest absolute Gasteiger partial charge is 0.164 e. The van der Waals surface area contributed by atoms with Gasteiger partial charge in [0.25, 0.3) is 0 Å². The quantitative estimate of drug-likeness (QED) is 0.176. The van der Waals surface area contributed by atoms with Crippen molar-refractivity contribution in [3.05, 3.63) is 182 Å². The lowest BCUT2D eigenvalue weighted by atomic mass is 9.99. The third-order valence-electron chi connectivity index (χ3n) is 11.1. The van der Waals surface area contributed by atoms with Crippen LogP contribution in [-0.4, -0.2) is 19.5 Å². The Morgan fingerprint density at radius 2 is 0.912 bits per heavy atom. The van der Waals surface area contributed by atoms with Crippen LogP contribution in [0.2, 0.25) is 0 Å². The summed E-state index contributed by atoms with van der Waals surface area (Å²) in [6.45, 7) is 0. The lowest BCUT2D eigenvalue weighted by Crippen LogP contribution is -2.00. The third-order valence-corrected chi connectivity index (χ3v) is 11.1. The zero-order valence-corrected chi connectivity index (χ0v) is 30.4. The predicted molar refractivity (Wildman–Crippen MR) is 230 cm³/mol. The first-order chi connectivity index (χ1) is 28.2.